The highest BCUT2D eigenvalue weighted by Crippen LogP contribution is 2.31. The smallest absolute Gasteiger partial charge is 0.250 e. The highest BCUT2D eigenvalue weighted by atomic mass is 35.5. The fourth-order valence-electron chi connectivity index (χ4n) is 2.29. The van der Waals surface area contributed by atoms with E-state index in [1.807, 2.05) is 20.8 Å². The van der Waals surface area contributed by atoms with Crippen LogP contribution in [0.15, 0.2) is 18.2 Å². The molecule has 0 bridgehead atoms. The summed E-state index contributed by atoms with van der Waals surface area (Å²) >= 11 is 6.08. The standard InChI is InChI=1S/C15H18ClFN2O2/c1-15(2,3)13-14(21)19(7-6-12(20)18-13)11-8-9(17)4-5-10(11)16/h4-5,8,13H,6-7H2,1-3H3,(H,18,20). The van der Waals surface area contributed by atoms with Gasteiger partial charge >= 0.3 is 0 Å². The van der Waals surface area contributed by atoms with Gasteiger partial charge in [-0.05, 0) is 23.6 Å². The van der Waals surface area contributed by atoms with E-state index in [0.717, 1.165) is 0 Å². The van der Waals surface area contributed by atoms with Crippen molar-refractivity contribution in [1.82, 2.24) is 5.32 Å². The van der Waals surface area contributed by atoms with Crippen LogP contribution in [0.2, 0.25) is 5.02 Å². The molecule has 0 aliphatic carbocycles. The van der Waals surface area contributed by atoms with Crippen LogP contribution < -0.4 is 10.2 Å². The number of carbonyl (C=O) groups excluding carboxylic acids is 2. The van der Waals surface area contributed by atoms with Crippen molar-refractivity contribution in [1.29, 1.82) is 0 Å². The zero-order chi connectivity index (χ0) is 15.8. The third-order valence-corrected chi connectivity index (χ3v) is 3.77. The summed E-state index contributed by atoms with van der Waals surface area (Å²) in [7, 11) is 0. The molecule has 1 aliphatic rings. The molecule has 1 heterocycles. The summed E-state index contributed by atoms with van der Waals surface area (Å²) in [6, 6.07) is 3.19. The molecule has 0 spiro atoms. The molecule has 2 amide bonds. The summed E-state index contributed by atoms with van der Waals surface area (Å²) in [5.41, 5.74) is -0.151. The van der Waals surface area contributed by atoms with E-state index in [4.69, 9.17) is 11.6 Å². The molecule has 1 fully saturated rings. The van der Waals surface area contributed by atoms with Crippen LogP contribution in [-0.2, 0) is 9.59 Å². The van der Waals surface area contributed by atoms with Crippen molar-refractivity contribution in [2.45, 2.75) is 33.2 Å². The first kappa shape index (κ1) is 15.8. The van der Waals surface area contributed by atoms with Gasteiger partial charge in [-0.25, -0.2) is 4.39 Å². The van der Waals surface area contributed by atoms with E-state index in [1.165, 1.54) is 23.1 Å². The van der Waals surface area contributed by atoms with Gasteiger partial charge < -0.3 is 10.2 Å². The second-order valence-electron chi connectivity index (χ2n) is 6.20. The zero-order valence-corrected chi connectivity index (χ0v) is 13.0. The number of benzene rings is 1. The van der Waals surface area contributed by atoms with E-state index in [-0.39, 0.29) is 29.8 Å². The normalized spacial score (nSPS) is 20.2. The van der Waals surface area contributed by atoms with Crippen LogP contribution in [0.4, 0.5) is 10.1 Å². The summed E-state index contributed by atoms with van der Waals surface area (Å²) in [4.78, 5) is 25.9. The molecule has 1 unspecified atom stereocenters. The molecule has 21 heavy (non-hydrogen) atoms. The average Bonchev–Trinajstić information content (AvgIpc) is 2.52. The van der Waals surface area contributed by atoms with Crippen LogP contribution in [0, 0.1) is 11.2 Å². The van der Waals surface area contributed by atoms with Crippen LogP contribution in [-0.4, -0.2) is 24.4 Å². The van der Waals surface area contributed by atoms with Gasteiger partial charge in [0.25, 0.3) is 0 Å². The minimum atomic E-state index is -0.674. The van der Waals surface area contributed by atoms with Crippen molar-refractivity contribution >= 4 is 29.1 Å². The second kappa shape index (κ2) is 5.64. The fourth-order valence-corrected chi connectivity index (χ4v) is 2.51. The molecule has 0 aromatic heterocycles. The number of nitrogens with zero attached hydrogens (tertiary/aromatic N) is 1. The highest BCUT2D eigenvalue weighted by molar-refractivity contribution is 6.33. The first-order valence-corrected chi connectivity index (χ1v) is 7.14. The summed E-state index contributed by atoms with van der Waals surface area (Å²) in [6.07, 6.45) is 0.158. The number of rotatable bonds is 1. The summed E-state index contributed by atoms with van der Waals surface area (Å²) in [6.45, 7) is 5.78. The van der Waals surface area contributed by atoms with E-state index in [1.54, 1.807) is 0 Å². The van der Waals surface area contributed by atoms with Crippen molar-refractivity contribution in [3.8, 4) is 0 Å². The molecule has 1 aromatic rings. The monoisotopic (exact) mass is 312 g/mol. The van der Waals surface area contributed by atoms with Crippen molar-refractivity contribution in [2.75, 3.05) is 11.4 Å². The van der Waals surface area contributed by atoms with Gasteiger partial charge in [-0.15, -0.1) is 0 Å². The van der Waals surface area contributed by atoms with Gasteiger partial charge in [-0.1, -0.05) is 32.4 Å². The Morgan fingerprint density at radius 2 is 2.00 bits per heavy atom. The molecule has 0 saturated carbocycles. The number of amides is 2. The highest BCUT2D eigenvalue weighted by Gasteiger charge is 2.38. The molecule has 1 atom stereocenters. The number of carbonyl (C=O) groups is 2. The van der Waals surface area contributed by atoms with Crippen molar-refractivity contribution in [3.05, 3.63) is 29.0 Å². The quantitative estimate of drug-likeness (QED) is 0.867. The van der Waals surface area contributed by atoms with Gasteiger partial charge in [0.1, 0.15) is 11.9 Å². The lowest BCUT2D eigenvalue weighted by Gasteiger charge is -2.32. The molecule has 2 rings (SSSR count). The van der Waals surface area contributed by atoms with E-state index in [9.17, 15) is 14.0 Å². The Bertz CT molecular complexity index is 584. The minimum absolute atomic E-state index is 0.158. The predicted octanol–water partition coefficient (Wildman–Crippen LogP) is 2.75. The largest absolute Gasteiger partial charge is 0.344 e. The molecule has 0 radical (unpaired) electrons. The fraction of sp³-hybridized carbons (Fsp3) is 0.467. The average molecular weight is 313 g/mol. The molecule has 6 heteroatoms. The Morgan fingerprint density at radius 1 is 1.33 bits per heavy atom. The van der Waals surface area contributed by atoms with E-state index in [0.29, 0.717) is 5.69 Å². The zero-order valence-electron chi connectivity index (χ0n) is 12.2. The van der Waals surface area contributed by atoms with E-state index < -0.39 is 17.3 Å². The Labute approximate surface area is 128 Å². The minimum Gasteiger partial charge on any atom is -0.344 e. The first-order chi connectivity index (χ1) is 9.70. The van der Waals surface area contributed by atoms with Crippen LogP contribution >= 0.6 is 11.6 Å². The summed E-state index contributed by atoms with van der Waals surface area (Å²) in [5.74, 6) is -0.947. The molecule has 1 N–H and O–H groups in total. The third-order valence-electron chi connectivity index (χ3n) is 3.45. The van der Waals surface area contributed by atoms with Gasteiger partial charge in [0.2, 0.25) is 11.8 Å². The van der Waals surface area contributed by atoms with Crippen molar-refractivity contribution in [2.24, 2.45) is 5.41 Å². The second-order valence-corrected chi connectivity index (χ2v) is 6.61. The van der Waals surface area contributed by atoms with Crippen molar-refractivity contribution in [3.63, 3.8) is 0 Å². The molecule has 1 saturated heterocycles. The lowest BCUT2D eigenvalue weighted by atomic mass is 9.86. The first-order valence-electron chi connectivity index (χ1n) is 6.76. The molecule has 114 valence electrons. The molecule has 1 aromatic carbocycles. The molecule has 4 nitrogen and oxygen atoms in total. The van der Waals surface area contributed by atoms with E-state index >= 15 is 0 Å². The number of nitrogens with one attached hydrogen (secondary N) is 1. The Hall–Kier alpha value is -1.62. The SMILES string of the molecule is CC(C)(C)C1NC(=O)CCN(c2cc(F)ccc2Cl)C1=O. The maximum absolute atomic E-state index is 13.5. The van der Waals surface area contributed by atoms with Crippen LogP contribution in [0.25, 0.3) is 0 Å². The number of hydrogen-bond donors (Lipinski definition) is 1. The van der Waals surface area contributed by atoms with Gasteiger partial charge in [0.15, 0.2) is 0 Å². The number of anilines is 1. The van der Waals surface area contributed by atoms with Gasteiger partial charge in [-0.2, -0.15) is 0 Å². The van der Waals surface area contributed by atoms with Gasteiger partial charge in [0, 0.05) is 13.0 Å². The van der Waals surface area contributed by atoms with Crippen LogP contribution in [0.1, 0.15) is 27.2 Å². The van der Waals surface area contributed by atoms with Gasteiger partial charge in [0.05, 0.1) is 10.7 Å². The van der Waals surface area contributed by atoms with Crippen LogP contribution in [0.5, 0.6) is 0 Å². The lowest BCUT2D eigenvalue weighted by molar-refractivity contribution is -0.127. The topological polar surface area (TPSA) is 49.4 Å². The van der Waals surface area contributed by atoms with Gasteiger partial charge in [-0.3, -0.25) is 9.59 Å². The predicted molar refractivity (Wildman–Crippen MR) is 79.8 cm³/mol. The third kappa shape index (κ3) is 3.35. The van der Waals surface area contributed by atoms with E-state index in [2.05, 4.69) is 5.32 Å². The maximum atomic E-state index is 13.5. The number of hydrogen-bond acceptors (Lipinski definition) is 2. The molecule has 1 aliphatic heterocycles. The molecular formula is C15H18ClFN2O2. The Kier molecular flexibility index (Phi) is 4.23. The summed E-state index contributed by atoms with van der Waals surface area (Å²) in [5, 5.41) is 3.02. The summed E-state index contributed by atoms with van der Waals surface area (Å²) < 4.78 is 13.5. The Morgan fingerprint density at radius 3 is 2.62 bits per heavy atom. The lowest BCUT2D eigenvalue weighted by Crippen LogP contribution is -2.52. The van der Waals surface area contributed by atoms with Crippen molar-refractivity contribution < 1.29 is 14.0 Å². The number of halogens is 2. The molecular weight excluding hydrogens is 295 g/mol. The maximum Gasteiger partial charge on any atom is 0.250 e. The Balaban J connectivity index is 2.45. The van der Waals surface area contributed by atoms with Crippen LogP contribution in [0.3, 0.4) is 0 Å².